The molecule has 0 saturated carbocycles. The Labute approximate surface area is 159 Å². The number of hydrogen-bond donors (Lipinski definition) is 1. The Morgan fingerprint density at radius 1 is 0.923 bits per heavy atom. The Kier molecular flexibility index (Phi) is 6.60. The third-order valence-electron chi connectivity index (χ3n) is 5.43. The Bertz CT molecular complexity index is 720. The van der Waals surface area contributed by atoms with Gasteiger partial charge in [0.05, 0.1) is 0 Å². The van der Waals surface area contributed by atoms with E-state index in [4.69, 9.17) is 0 Å². The number of nitrogens with zero attached hydrogens (tertiary/aromatic N) is 1. The van der Waals surface area contributed by atoms with Crippen LogP contribution >= 0.6 is 0 Å². The smallest absolute Gasteiger partial charge is 0.0398 e. The number of anilines is 2. The number of aryl methyl sites for hydroxylation is 4. The Hall–Kier alpha value is -1.96. The van der Waals surface area contributed by atoms with Gasteiger partial charge in [-0.05, 0) is 69.2 Å². The highest BCUT2D eigenvalue weighted by atomic mass is 15.1. The minimum absolute atomic E-state index is 1.13. The van der Waals surface area contributed by atoms with Crippen molar-refractivity contribution in [2.24, 2.45) is 0 Å². The SMILES string of the molecule is CCCCN1CCCc2cc(C)ccc21.Cc1ccc2c(c1)CCCN2. The average molecular weight is 351 g/mol. The van der Waals surface area contributed by atoms with Crippen molar-refractivity contribution in [3.05, 3.63) is 58.7 Å². The molecule has 0 spiro atoms. The van der Waals surface area contributed by atoms with Gasteiger partial charge in [-0.3, -0.25) is 0 Å². The second-order valence-electron chi connectivity index (χ2n) is 7.77. The Balaban J connectivity index is 0.000000158. The average Bonchev–Trinajstić information content (AvgIpc) is 2.66. The van der Waals surface area contributed by atoms with Crippen molar-refractivity contribution in [2.75, 3.05) is 29.9 Å². The molecule has 0 bridgehead atoms. The minimum Gasteiger partial charge on any atom is -0.385 e. The molecule has 0 amide bonds. The van der Waals surface area contributed by atoms with Crippen molar-refractivity contribution in [3.8, 4) is 0 Å². The van der Waals surface area contributed by atoms with Gasteiger partial charge in [0.1, 0.15) is 0 Å². The quantitative estimate of drug-likeness (QED) is 0.741. The van der Waals surface area contributed by atoms with Crippen LogP contribution in [0.4, 0.5) is 11.4 Å². The van der Waals surface area contributed by atoms with Crippen molar-refractivity contribution < 1.29 is 0 Å². The highest BCUT2D eigenvalue weighted by Gasteiger charge is 2.15. The molecule has 0 aliphatic carbocycles. The molecular weight excluding hydrogens is 316 g/mol. The lowest BCUT2D eigenvalue weighted by atomic mass is 9.99. The van der Waals surface area contributed by atoms with Crippen LogP contribution in [0.5, 0.6) is 0 Å². The van der Waals surface area contributed by atoms with Gasteiger partial charge in [-0.15, -0.1) is 0 Å². The predicted molar refractivity (Wildman–Crippen MR) is 115 cm³/mol. The monoisotopic (exact) mass is 350 g/mol. The van der Waals surface area contributed by atoms with Crippen LogP contribution in [0.1, 0.15) is 54.9 Å². The number of nitrogens with one attached hydrogen (secondary N) is 1. The number of hydrogen-bond acceptors (Lipinski definition) is 2. The van der Waals surface area contributed by atoms with Crippen molar-refractivity contribution in [3.63, 3.8) is 0 Å². The molecule has 0 saturated heterocycles. The van der Waals surface area contributed by atoms with Crippen LogP contribution < -0.4 is 10.2 Å². The maximum absolute atomic E-state index is 3.39. The zero-order valence-corrected chi connectivity index (χ0v) is 16.8. The van der Waals surface area contributed by atoms with E-state index in [1.807, 2.05) is 0 Å². The van der Waals surface area contributed by atoms with E-state index in [-0.39, 0.29) is 0 Å². The molecule has 2 aliphatic rings. The van der Waals surface area contributed by atoms with Crippen molar-refractivity contribution >= 4 is 11.4 Å². The summed E-state index contributed by atoms with van der Waals surface area (Å²) in [4.78, 5) is 2.56. The third kappa shape index (κ3) is 4.81. The summed E-state index contributed by atoms with van der Waals surface area (Å²) >= 11 is 0. The van der Waals surface area contributed by atoms with Gasteiger partial charge in [0, 0.05) is 31.0 Å². The first kappa shape index (κ1) is 18.8. The highest BCUT2D eigenvalue weighted by Crippen LogP contribution is 2.28. The molecular formula is C24H34N2. The fourth-order valence-electron chi connectivity index (χ4n) is 3.99. The largest absolute Gasteiger partial charge is 0.385 e. The molecule has 2 nitrogen and oxygen atoms in total. The van der Waals surface area contributed by atoms with Crippen LogP contribution in [0.15, 0.2) is 36.4 Å². The topological polar surface area (TPSA) is 15.3 Å². The molecule has 2 heterocycles. The van der Waals surface area contributed by atoms with E-state index in [9.17, 15) is 0 Å². The first-order valence-electron chi connectivity index (χ1n) is 10.3. The molecule has 0 unspecified atom stereocenters. The summed E-state index contributed by atoms with van der Waals surface area (Å²) in [7, 11) is 0. The van der Waals surface area contributed by atoms with Gasteiger partial charge in [0.15, 0.2) is 0 Å². The lowest BCUT2D eigenvalue weighted by Crippen LogP contribution is -2.30. The van der Waals surface area contributed by atoms with E-state index < -0.39 is 0 Å². The van der Waals surface area contributed by atoms with Gasteiger partial charge >= 0.3 is 0 Å². The first-order chi connectivity index (χ1) is 12.7. The van der Waals surface area contributed by atoms with E-state index >= 15 is 0 Å². The van der Waals surface area contributed by atoms with Crippen LogP contribution in [0.3, 0.4) is 0 Å². The van der Waals surface area contributed by atoms with Crippen molar-refractivity contribution in [2.45, 2.75) is 59.3 Å². The number of rotatable bonds is 3. The Morgan fingerprint density at radius 2 is 1.65 bits per heavy atom. The standard InChI is InChI=1S/C14H21N.C10H13N/c1-3-4-9-15-10-5-6-13-11-12(2)7-8-14(13)15;1-8-4-5-10-9(7-8)3-2-6-11-10/h7-8,11H,3-6,9-10H2,1-2H3;4-5,7,11H,2-3,6H2,1H3. The molecule has 140 valence electrons. The number of benzene rings is 2. The van der Waals surface area contributed by atoms with Crippen LogP contribution in [0, 0.1) is 13.8 Å². The number of fused-ring (bicyclic) bond motifs is 2. The molecule has 2 aliphatic heterocycles. The second kappa shape index (κ2) is 9.12. The fraction of sp³-hybridized carbons (Fsp3) is 0.500. The minimum atomic E-state index is 1.13. The normalized spacial score (nSPS) is 15.3. The van der Waals surface area contributed by atoms with Crippen molar-refractivity contribution in [1.29, 1.82) is 0 Å². The maximum atomic E-state index is 3.39. The summed E-state index contributed by atoms with van der Waals surface area (Å²) in [6.07, 6.45) is 7.70. The molecule has 0 atom stereocenters. The van der Waals surface area contributed by atoms with Crippen LogP contribution in [-0.4, -0.2) is 19.6 Å². The van der Waals surface area contributed by atoms with Crippen LogP contribution in [0.25, 0.3) is 0 Å². The van der Waals surface area contributed by atoms with E-state index in [0.717, 1.165) is 6.54 Å². The Morgan fingerprint density at radius 3 is 2.46 bits per heavy atom. The summed E-state index contributed by atoms with van der Waals surface area (Å²) in [6.45, 7) is 10.2. The molecule has 2 aromatic carbocycles. The van der Waals surface area contributed by atoms with E-state index in [0.29, 0.717) is 0 Å². The molecule has 1 N–H and O–H groups in total. The second-order valence-corrected chi connectivity index (χ2v) is 7.77. The van der Waals surface area contributed by atoms with Gasteiger partial charge in [0.2, 0.25) is 0 Å². The van der Waals surface area contributed by atoms with E-state index in [1.165, 1.54) is 79.7 Å². The summed E-state index contributed by atoms with van der Waals surface area (Å²) < 4.78 is 0. The van der Waals surface area contributed by atoms with Gasteiger partial charge in [0.25, 0.3) is 0 Å². The molecule has 0 radical (unpaired) electrons. The van der Waals surface area contributed by atoms with Gasteiger partial charge in [-0.2, -0.15) is 0 Å². The zero-order chi connectivity index (χ0) is 18.4. The predicted octanol–water partition coefficient (Wildman–Crippen LogP) is 5.90. The molecule has 26 heavy (non-hydrogen) atoms. The fourth-order valence-corrected chi connectivity index (χ4v) is 3.99. The van der Waals surface area contributed by atoms with Crippen LogP contribution in [0.2, 0.25) is 0 Å². The molecule has 0 fully saturated rings. The van der Waals surface area contributed by atoms with E-state index in [2.05, 4.69) is 67.4 Å². The van der Waals surface area contributed by atoms with Crippen LogP contribution in [-0.2, 0) is 12.8 Å². The summed E-state index contributed by atoms with van der Waals surface area (Å²) in [5, 5.41) is 3.39. The molecule has 2 heteroatoms. The maximum Gasteiger partial charge on any atom is 0.0398 e. The lowest BCUT2D eigenvalue weighted by molar-refractivity contribution is 0.658. The molecule has 4 rings (SSSR count). The third-order valence-corrected chi connectivity index (χ3v) is 5.43. The summed E-state index contributed by atoms with van der Waals surface area (Å²) in [6, 6.07) is 13.5. The number of unbranched alkanes of at least 4 members (excludes halogenated alkanes) is 1. The van der Waals surface area contributed by atoms with Gasteiger partial charge < -0.3 is 10.2 Å². The van der Waals surface area contributed by atoms with Crippen molar-refractivity contribution in [1.82, 2.24) is 0 Å². The molecule has 2 aromatic rings. The van der Waals surface area contributed by atoms with Gasteiger partial charge in [-0.25, -0.2) is 0 Å². The first-order valence-corrected chi connectivity index (χ1v) is 10.3. The highest BCUT2D eigenvalue weighted by molar-refractivity contribution is 5.56. The lowest BCUT2D eigenvalue weighted by Gasteiger charge is -2.31. The van der Waals surface area contributed by atoms with E-state index in [1.54, 1.807) is 5.56 Å². The zero-order valence-electron chi connectivity index (χ0n) is 16.8. The summed E-state index contributed by atoms with van der Waals surface area (Å²) in [5.74, 6) is 0. The summed E-state index contributed by atoms with van der Waals surface area (Å²) in [5.41, 5.74) is 8.62. The van der Waals surface area contributed by atoms with Gasteiger partial charge in [-0.1, -0.05) is 48.7 Å². The molecule has 0 aromatic heterocycles.